The molecule has 1 aromatic heterocycles. The Morgan fingerprint density at radius 2 is 1.54 bits per heavy atom. The number of hydrogen-bond donors (Lipinski definition) is 0. The van der Waals surface area contributed by atoms with Gasteiger partial charge >= 0.3 is 5.97 Å². The minimum atomic E-state index is -0.527. The highest BCUT2D eigenvalue weighted by Crippen LogP contribution is 2.20. The molecule has 0 saturated heterocycles. The van der Waals surface area contributed by atoms with Gasteiger partial charge in [-0.1, -0.05) is 54.6 Å². The van der Waals surface area contributed by atoms with Crippen LogP contribution in [0.2, 0.25) is 0 Å². The summed E-state index contributed by atoms with van der Waals surface area (Å²) in [5.41, 5.74) is 2.87. The summed E-state index contributed by atoms with van der Waals surface area (Å²) in [7, 11) is 0. The van der Waals surface area contributed by atoms with Crippen molar-refractivity contribution in [2.75, 3.05) is 0 Å². The fourth-order valence-electron chi connectivity index (χ4n) is 2.55. The van der Waals surface area contributed by atoms with Crippen molar-refractivity contribution in [3.63, 3.8) is 0 Å². The molecule has 0 aliphatic heterocycles. The number of carbonyl (C=O) groups is 1. The van der Waals surface area contributed by atoms with E-state index in [-0.39, 0.29) is 18.3 Å². The van der Waals surface area contributed by atoms with Gasteiger partial charge in [0.2, 0.25) is 11.8 Å². The van der Waals surface area contributed by atoms with Crippen LogP contribution < -0.4 is 0 Å². The molecule has 0 aliphatic carbocycles. The van der Waals surface area contributed by atoms with Gasteiger partial charge in [-0.05, 0) is 37.5 Å². The van der Waals surface area contributed by atoms with E-state index in [1.807, 2.05) is 51.1 Å². The van der Waals surface area contributed by atoms with E-state index < -0.39 is 5.60 Å². The minimum Gasteiger partial charge on any atom is -0.460 e. The molecule has 0 bridgehead atoms. The maximum atomic E-state index is 11.8. The molecule has 3 rings (SSSR count). The Kier molecular flexibility index (Phi) is 5.16. The Balaban J connectivity index is 1.61. The van der Waals surface area contributed by atoms with E-state index in [1.165, 1.54) is 5.56 Å². The van der Waals surface area contributed by atoms with E-state index in [9.17, 15) is 4.79 Å². The summed E-state index contributed by atoms with van der Waals surface area (Å²) in [5, 5.41) is 7.95. The van der Waals surface area contributed by atoms with Crippen molar-refractivity contribution in [2.24, 2.45) is 0 Å². The van der Waals surface area contributed by atoms with Crippen LogP contribution in [0.15, 0.2) is 59.0 Å². The Morgan fingerprint density at radius 3 is 2.19 bits per heavy atom. The van der Waals surface area contributed by atoms with Crippen LogP contribution in [0.25, 0.3) is 11.1 Å². The van der Waals surface area contributed by atoms with Crippen LogP contribution in [0.4, 0.5) is 0 Å². The largest absolute Gasteiger partial charge is 0.460 e. The lowest BCUT2D eigenvalue weighted by Crippen LogP contribution is -2.24. The van der Waals surface area contributed by atoms with Gasteiger partial charge in [0.1, 0.15) is 12.0 Å². The van der Waals surface area contributed by atoms with Crippen LogP contribution in [0.5, 0.6) is 0 Å². The van der Waals surface area contributed by atoms with Gasteiger partial charge < -0.3 is 9.15 Å². The van der Waals surface area contributed by atoms with Crippen LogP contribution in [-0.4, -0.2) is 21.8 Å². The standard InChI is InChI=1S/C21H22N2O3/c1-21(2,3)26-20(24)14-19-23-22-18(25-19)13-15-9-11-17(12-10-15)16-7-5-4-6-8-16/h4-12H,13-14H2,1-3H3. The van der Waals surface area contributed by atoms with Gasteiger partial charge in [0.15, 0.2) is 0 Å². The second kappa shape index (κ2) is 7.52. The average molecular weight is 350 g/mol. The SMILES string of the molecule is CC(C)(C)OC(=O)Cc1nnc(Cc2ccc(-c3ccccc3)cc2)o1. The smallest absolute Gasteiger partial charge is 0.315 e. The molecular formula is C21H22N2O3. The molecule has 1 heterocycles. The van der Waals surface area contributed by atoms with E-state index in [1.54, 1.807) is 0 Å². The molecule has 0 N–H and O–H groups in total. The van der Waals surface area contributed by atoms with E-state index in [0.717, 1.165) is 11.1 Å². The first-order chi connectivity index (χ1) is 12.4. The molecule has 2 aromatic carbocycles. The van der Waals surface area contributed by atoms with Crippen molar-refractivity contribution in [1.82, 2.24) is 10.2 Å². The number of esters is 1. The maximum Gasteiger partial charge on any atom is 0.315 e. The van der Waals surface area contributed by atoms with Gasteiger partial charge in [0.05, 0.1) is 6.42 Å². The van der Waals surface area contributed by atoms with Gasteiger partial charge in [-0.25, -0.2) is 0 Å². The molecule has 134 valence electrons. The van der Waals surface area contributed by atoms with Crippen molar-refractivity contribution in [1.29, 1.82) is 0 Å². The molecular weight excluding hydrogens is 328 g/mol. The molecule has 26 heavy (non-hydrogen) atoms. The Morgan fingerprint density at radius 1 is 0.923 bits per heavy atom. The third-order valence-corrected chi connectivity index (χ3v) is 3.64. The molecule has 0 fully saturated rings. The first-order valence-corrected chi connectivity index (χ1v) is 8.56. The van der Waals surface area contributed by atoms with E-state index >= 15 is 0 Å². The van der Waals surface area contributed by atoms with Crippen LogP contribution in [0.1, 0.15) is 38.1 Å². The fourth-order valence-corrected chi connectivity index (χ4v) is 2.55. The van der Waals surface area contributed by atoms with Crippen molar-refractivity contribution in [3.05, 3.63) is 71.9 Å². The molecule has 5 heteroatoms. The van der Waals surface area contributed by atoms with Crippen LogP contribution >= 0.6 is 0 Å². The van der Waals surface area contributed by atoms with Crippen molar-refractivity contribution >= 4 is 5.97 Å². The number of carbonyl (C=O) groups excluding carboxylic acids is 1. The van der Waals surface area contributed by atoms with Crippen LogP contribution in [0, 0.1) is 0 Å². The number of nitrogens with zero attached hydrogens (tertiary/aromatic N) is 2. The summed E-state index contributed by atoms with van der Waals surface area (Å²) in [6.07, 6.45) is 0.508. The third-order valence-electron chi connectivity index (χ3n) is 3.64. The van der Waals surface area contributed by atoms with E-state index in [4.69, 9.17) is 9.15 Å². The predicted octanol–water partition coefficient (Wildman–Crippen LogP) is 4.21. The summed E-state index contributed by atoms with van der Waals surface area (Å²) >= 11 is 0. The number of ether oxygens (including phenoxy) is 1. The molecule has 0 atom stereocenters. The monoisotopic (exact) mass is 350 g/mol. The topological polar surface area (TPSA) is 65.2 Å². The number of aromatic nitrogens is 2. The zero-order valence-electron chi connectivity index (χ0n) is 15.2. The molecule has 0 radical (unpaired) electrons. The lowest BCUT2D eigenvalue weighted by molar-refractivity contribution is -0.154. The number of hydrogen-bond acceptors (Lipinski definition) is 5. The Bertz CT molecular complexity index is 862. The molecule has 0 amide bonds. The van der Waals surface area contributed by atoms with Gasteiger partial charge in [-0.2, -0.15) is 0 Å². The van der Waals surface area contributed by atoms with Gasteiger partial charge in [0.25, 0.3) is 0 Å². The Hall–Kier alpha value is -2.95. The van der Waals surface area contributed by atoms with Crippen LogP contribution in [-0.2, 0) is 22.4 Å². The van der Waals surface area contributed by atoms with E-state index in [2.05, 4.69) is 34.5 Å². The normalized spacial score (nSPS) is 11.3. The second-order valence-electron chi connectivity index (χ2n) is 7.09. The van der Waals surface area contributed by atoms with Gasteiger partial charge in [-0.15, -0.1) is 10.2 Å². The maximum absolute atomic E-state index is 11.8. The minimum absolute atomic E-state index is 0.0167. The van der Waals surface area contributed by atoms with Crippen molar-refractivity contribution < 1.29 is 13.9 Å². The quantitative estimate of drug-likeness (QED) is 0.645. The van der Waals surface area contributed by atoms with E-state index in [0.29, 0.717) is 12.3 Å². The molecule has 0 saturated carbocycles. The zero-order chi connectivity index (χ0) is 18.6. The number of rotatable bonds is 5. The molecule has 0 aliphatic rings. The summed E-state index contributed by atoms with van der Waals surface area (Å²) in [5.74, 6) is 0.381. The van der Waals surface area contributed by atoms with Crippen molar-refractivity contribution in [3.8, 4) is 11.1 Å². The summed E-state index contributed by atoms with van der Waals surface area (Å²) in [6.45, 7) is 5.47. The third kappa shape index (κ3) is 5.02. The molecule has 5 nitrogen and oxygen atoms in total. The Labute approximate surface area is 153 Å². The fraction of sp³-hybridized carbons (Fsp3) is 0.286. The zero-order valence-corrected chi connectivity index (χ0v) is 15.2. The first kappa shape index (κ1) is 17.9. The predicted molar refractivity (Wildman–Crippen MR) is 98.5 cm³/mol. The lowest BCUT2D eigenvalue weighted by atomic mass is 10.0. The summed E-state index contributed by atoms with van der Waals surface area (Å²) in [4.78, 5) is 11.8. The molecule has 0 spiro atoms. The molecule has 3 aromatic rings. The average Bonchev–Trinajstić information content (AvgIpc) is 3.01. The second-order valence-corrected chi connectivity index (χ2v) is 7.09. The highest BCUT2D eigenvalue weighted by atomic mass is 16.6. The molecule has 0 unspecified atom stereocenters. The summed E-state index contributed by atoms with van der Waals surface area (Å²) < 4.78 is 10.8. The van der Waals surface area contributed by atoms with Crippen LogP contribution in [0.3, 0.4) is 0 Å². The highest BCUT2D eigenvalue weighted by molar-refractivity contribution is 5.71. The number of benzene rings is 2. The van der Waals surface area contributed by atoms with Crippen molar-refractivity contribution in [2.45, 2.75) is 39.2 Å². The van der Waals surface area contributed by atoms with Gasteiger partial charge in [-0.3, -0.25) is 4.79 Å². The first-order valence-electron chi connectivity index (χ1n) is 8.56. The van der Waals surface area contributed by atoms with Gasteiger partial charge in [0, 0.05) is 0 Å². The summed E-state index contributed by atoms with van der Waals surface area (Å²) in [6, 6.07) is 18.4. The highest BCUT2D eigenvalue weighted by Gasteiger charge is 2.19. The lowest BCUT2D eigenvalue weighted by Gasteiger charge is -2.18.